The normalized spacial score (nSPS) is 16.8. The first-order valence-corrected chi connectivity index (χ1v) is 8.09. The smallest absolute Gasteiger partial charge is 0.123 e. The molecule has 0 unspecified atom stereocenters. The van der Waals surface area contributed by atoms with Crippen LogP contribution in [0.3, 0.4) is 0 Å². The van der Waals surface area contributed by atoms with Crippen LogP contribution in [0.5, 0.6) is 5.75 Å². The van der Waals surface area contributed by atoms with E-state index in [2.05, 4.69) is 15.9 Å². The second kappa shape index (κ2) is 7.40. The third-order valence-corrected chi connectivity index (χ3v) is 4.46. The molecule has 0 bridgehead atoms. The molecule has 3 heteroatoms. The first kappa shape index (κ1) is 14.2. The Hall–Kier alpha value is -0.210. The molecule has 1 aliphatic rings. The minimum atomic E-state index is 0.498. The lowest BCUT2D eigenvalue weighted by Gasteiger charge is -2.21. The average molecular weight is 332 g/mol. The van der Waals surface area contributed by atoms with Gasteiger partial charge in [0.1, 0.15) is 5.75 Å². The van der Waals surface area contributed by atoms with E-state index in [-0.39, 0.29) is 0 Å². The lowest BCUT2D eigenvalue weighted by Crippen LogP contribution is -2.11. The summed E-state index contributed by atoms with van der Waals surface area (Å²) >= 11 is 9.38. The van der Waals surface area contributed by atoms with Gasteiger partial charge in [0.05, 0.1) is 12.5 Å². The van der Waals surface area contributed by atoms with Crippen molar-refractivity contribution in [2.45, 2.75) is 44.4 Å². The van der Waals surface area contributed by atoms with E-state index in [4.69, 9.17) is 16.3 Å². The Morgan fingerprint density at radius 1 is 1.22 bits per heavy atom. The van der Waals surface area contributed by atoms with Gasteiger partial charge in [0.2, 0.25) is 0 Å². The van der Waals surface area contributed by atoms with Crippen LogP contribution >= 0.6 is 27.5 Å². The Bertz CT molecular complexity index is 375. The van der Waals surface area contributed by atoms with Gasteiger partial charge in [0.15, 0.2) is 0 Å². The van der Waals surface area contributed by atoms with Crippen LogP contribution in [0.4, 0.5) is 0 Å². The van der Waals surface area contributed by atoms with E-state index >= 15 is 0 Å². The average Bonchev–Trinajstić information content (AvgIpc) is 2.41. The molecule has 1 aromatic rings. The van der Waals surface area contributed by atoms with E-state index in [0.29, 0.717) is 5.88 Å². The molecular weight excluding hydrogens is 312 g/mol. The summed E-state index contributed by atoms with van der Waals surface area (Å²) < 4.78 is 6.93. The van der Waals surface area contributed by atoms with E-state index in [0.717, 1.165) is 28.3 Å². The molecule has 1 saturated carbocycles. The van der Waals surface area contributed by atoms with Gasteiger partial charge < -0.3 is 4.74 Å². The molecule has 18 heavy (non-hydrogen) atoms. The standard InChI is InChI=1S/C15H20BrClO/c16-14-6-7-15(13(10-14)11-17)18-9-8-12-4-2-1-3-5-12/h6-7,10,12H,1-5,8-9,11H2. The highest BCUT2D eigenvalue weighted by atomic mass is 79.9. The number of halogens is 2. The third-order valence-electron chi connectivity index (χ3n) is 3.67. The van der Waals surface area contributed by atoms with Gasteiger partial charge in [-0.25, -0.2) is 0 Å². The summed E-state index contributed by atoms with van der Waals surface area (Å²) in [6, 6.07) is 6.04. The van der Waals surface area contributed by atoms with Gasteiger partial charge in [0.25, 0.3) is 0 Å². The van der Waals surface area contributed by atoms with Crippen molar-refractivity contribution in [1.29, 1.82) is 0 Å². The summed E-state index contributed by atoms with van der Waals surface area (Å²) in [6.07, 6.45) is 8.15. The van der Waals surface area contributed by atoms with Crippen LogP contribution in [0.1, 0.15) is 44.1 Å². The Morgan fingerprint density at radius 3 is 2.72 bits per heavy atom. The summed E-state index contributed by atoms with van der Waals surface area (Å²) in [7, 11) is 0. The maximum Gasteiger partial charge on any atom is 0.123 e. The van der Waals surface area contributed by atoms with Crippen LogP contribution in [-0.4, -0.2) is 6.61 Å². The van der Waals surface area contributed by atoms with Crippen molar-refractivity contribution in [3.8, 4) is 5.75 Å². The maximum atomic E-state index is 5.93. The topological polar surface area (TPSA) is 9.23 Å². The van der Waals surface area contributed by atoms with Gasteiger partial charge >= 0.3 is 0 Å². The quantitative estimate of drug-likeness (QED) is 0.644. The van der Waals surface area contributed by atoms with Crippen molar-refractivity contribution in [3.05, 3.63) is 28.2 Å². The number of hydrogen-bond donors (Lipinski definition) is 0. The predicted molar refractivity (Wildman–Crippen MR) is 80.4 cm³/mol. The van der Waals surface area contributed by atoms with Crippen LogP contribution in [0.2, 0.25) is 0 Å². The maximum absolute atomic E-state index is 5.93. The first-order valence-electron chi connectivity index (χ1n) is 6.77. The molecule has 0 atom stereocenters. The van der Waals surface area contributed by atoms with Crippen LogP contribution in [0.15, 0.2) is 22.7 Å². The van der Waals surface area contributed by atoms with Crippen molar-refractivity contribution in [2.75, 3.05) is 6.61 Å². The molecule has 1 fully saturated rings. The van der Waals surface area contributed by atoms with Crippen molar-refractivity contribution < 1.29 is 4.74 Å². The van der Waals surface area contributed by atoms with Crippen LogP contribution < -0.4 is 4.74 Å². The molecule has 1 aliphatic carbocycles. The molecular formula is C15H20BrClO. The summed E-state index contributed by atoms with van der Waals surface area (Å²) in [4.78, 5) is 0. The van der Waals surface area contributed by atoms with Crippen LogP contribution in [0.25, 0.3) is 0 Å². The minimum Gasteiger partial charge on any atom is -0.493 e. The minimum absolute atomic E-state index is 0.498. The van der Waals surface area contributed by atoms with Crippen molar-refractivity contribution in [3.63, 3.8) is 0 Å². The van der Waals surface area contributed by atoms with E-state index in [9.17, 15) is 0 Å². The zero-order valence-corrected chi connectivity index (χ0v) is 13.0. The van der Waals surface area contributed by atoms with Crippen molar-refractivity contribution in [2.24, 2.45) is 5.92 Å². The largest absolute Gasteiger partial charge is 0.493 e. The molecule has 100 valence electrons. The molecule has 0 aromatic heterocycles. The molecule has 1 nitrogen and oxygen atoms in total. The second-order valence-electron chi connectivity index (χ2n) is 5.03. The van der Waals surface area contributed by atoms with Crippen molar-refractivity contribution in [1.82, 2.24) is 0 Å². The lowest BCUT2D eigenvalue weighted by molar-refractivity contribution is 0.245. The van der Waals surface area contributed by atoms with E-state index in [1.807, 2.05) is 18.2 Å². The second-order valence-corrected chi connectivity index (χ2v) is 6.21. The number of benzene rings is 1. The van der Waals surface area contributed by atoms with Gasteiger partial charge in [0, 0.05) is 10.0 Å². The molecule has 0 aliphatic heterocycles. The third kappa shape index (κ3) is 4.17. The summed E-state index contributed by atoms with van der Waals surface area (Å²) in [6.45, 7) is 0.816. The monoisotopic (exact) mass is 330 g/mol. The number of hydrogen-bond acceptors (Lipinski definition) is 1. The Labute approximate surface area is 123 Å². The molecule has 2 rings (SSSR count). The van der Waals surface area contributed by atoms with Gasteiger partial charge in [-0.3, -0.25) is 0 Å². The van der Waals surface area contributed by atoms with Gasteiger partial charge in [-0.05, 0) is 30.5 Å². The van der Waals surface area contributed by atoms with E-state index in [1.54, 1.807) is 0 Å². The Balaban J connectivity index is 1.82. The number of alkyl halides is 1. The van der Waals surface area contributed by atoms with E-state index in [1.165, 1.54) is 38.5 Å². The molecule has 0 N–H and O–H groups in total. The highest BCUT2D eigenvalue weighted by Crippen LogP contribution is 2.28. The molecule has 0 radical (unpaired) electrons. The SMILES string of the molecule is ClCc1cc(Br)ccc1OCCC1CCCCC1. The van der Waals surface area contributed by atoms with Gasteiger partial charge in [-0.1, -0.05) is 48.0 Å². The van der Waals surface area contributed by atoms with Crippen molar-refractivity contribution >= 4 is 27.5 Å². The fourth-order valence-corrected chi connectivity index (χ4v) is 3.22. The highest BCUT2D eigenvalue weighted by Gasteiger charge is 2.13. The van der Waals surface area contributed by atoms with Crippen LogP contribution in [0, 0.1) is 5.92 Å². The first-order chi connectivity index (χ1) is 8.79. The molecule has 0 heterocycles. The van der Waals surface area contributed by atoms with Gasteiger partial charge in [-0.2, -0.15) is 0 Å². The lowest BCUT2D eigenvalue weighted by atomic mass is 9.87. The fraction of sp³-hybridized carbons (Fsp3) is 0.600. The molecule has 0 amide bonds. The van der Waals surface area contributed by atoms with Crippen LogP contribution in [-0.2, 0) is 5.88 Å². The Morgan fingerprint density at radius 2 is 2.00 bits per heavy atom. The van der Waals surface area contributed by atoms with Gasteiger partial charge in [-0.15, -0.1) is 11.6 Å². The zero-order valence-electron chi connectivity index (χ0n) is 10.6. The summed E-state index contributed by atoms with van der Waals surface area (Å²) in [5, 5.41) is 0. The summed E-state index contributed by atoms with van der Waals surface area (Å²) in [5.74, 6) is 2.30. The number of ether oxygens (including phenoxy) is 1. The fourth-order valence-electron chi connectivity index (χ4n) is 2.60. The zero-order chi connectivity index (χ0) is 12.8. The van der Waals surface area contributed by atoms with E-state index < -0.39 is 0 Å². The molecule has 0 spiro atoms. The molecule has 1 aromatic carbocycles. The highest BCUT2D eigenvalue weighted by molar-refractivity contribution is 9.10. The predicted octanol–water partition coefficient (Wildman–Crippen LogP) is 5.54. The Kier molecular flexibility index (Phi) is 5.84. The summed E-state index contributed by atoms with van der Waals surface area (Å²) in [5.41, 5.74) is 1.06. The molecule has 0 saturated heterocycles. The number of rotatable bonds is 5.